The minimum atomic E-state index is -4.17. The van der Waals surface area contributed by atoms with E-state index in [2.05, 4.69) is 0 Å². The van der Waals surface area contributed by atoms with Crippen molar-refractivity contribution in [1.82, 2.24) is 4.31 Å². The smallest absolute Gasteiger partial charge is 0.322 e. The second-order valence-electron chi connectivity index (χ2n) is 7.65. The number of esters is 1. The molecule has 0 radical (unpaired) electrons. The average molecular weight is 416 g/mol. The molecule has 8 nitrogen and oxygen atoms in total. The number of hydrogen-bond acceptors (Lipinski definition) is 6. The highest BCUT2D eigenvalue weighted by molar-refractivity contribution is 7.89. The highest BCUT2D eigenvalue weighted by Gasteiger charge is 2.38. The van der Waals surface area contributed by atoms with E-state index in [1.54, 1.807) is 34.6 Å². The molecule has 0 heterocycles. The highest BCUT2D eigenvalue weighted by Crippen LogP contribution is 2.25. The normalized spacial score (nSPS) is 13.4. The van der Waals surface area contributed by atoms with Gasteiger partial charge in [0.05, 0.1) is 18.4 Å². The molecule has 0 bridgehead atoms. The first-order valence-electron chi connectivity index (χ1n) is 8.90. The van der Waals surface area contributed by atoms with Gasteiger partial charge in [0.25, 0.3) is 0 Å². The fraction of sp³-hybridized carbons (Fsp3) is 0.579. The Balaban J connectivity index is 3.24. The summed E-state index contributed by atoms with van der Waals surface area (Å²) in [6, 6.07) is 4.31. The molecule has 0 saturated heterocycles. The van der Waals surface area contributed by atoms with Crippen molar-refractivity contribution >= 4 is 22.0 Å². The Morgan fingerprint density at radius 3 is 2.07 bits per heavy atom. The monoisotopic (exact) mass is 415 g/mol. The van der Waals surface area contributed by atoms with Crippen molar-refractivity contribution in [3.05, 3.63) is 24.3 Å². The zero-order valence-electron chi connectivity index (χ0n) is 17.1. The molecular formula is C19H29NO7S. The Morgan fingerprint density at radius 1 is 1.14 bits per heavy atom. The fourth-order valence-electron chi connectivity index (χ4n) is 2.63. The number of carbonyl (C=O) groups is 2. The molecule has 28 heavy (non-hydrogen) atoms. The van der Waals surface area contributed by atoms with E-state index < -0.39 is 39.5 Å². The van der Waals surface area contributed by atoms with Gasteiger partial charge in [0.15, 0.2) is 0 Å². The molecule has 0 amide bonds. The lowest BCUT2D eigenvalue weighted by molar-refractivity contribution is -0.155. The molecule has 0 aliphatic rings. The van der Waals surface area contributed by atoms with Crippen LogP contribution in [0.2, 0.25) is 0 Å². The van der Waals surface area contributed by atoms with Gasteiger partial charge in [0.1, 0.15) is 17.4 Å². The molecule has 1 aromatic rings. The topological polar surface area (TPSA) is 110 Å². The maximum atomic E-state index is 13.1. The standard InChI is InChI=1S/C19H29NO7S/c1-13(2)17(18(22)23)20(12-11-16(21)27-19(3,4)5)28(24,25)15-9-7-14(26-6)8-10-15/h7-10,13,17H,11-12H2,1-6H3,(H,22,23). The maximum Gasteiger partial charge on any atom is 0.322 e. The third-order valence-corrected chi connectivity index (χ3v) is 5.71. The van der Waals surface area contributed by atoms with Gasteiger partial charge in [-0.25, -0.2) is 8.42 Å². The van der Waals surface area contributed by atoms with E-state index in [4.69, 9.17) is 9.47 Å². The molecule has 158 valence electrons. The molecule has 0 saturated carbocycles. The SMILES string of the molecule is COc1ccc(S(=O)(=O)N(CCC(=O)OC(C)(C)C)C(C(=O)O)C(C)C)cc1. The number of nitrogens with zero attached hydrogens (tertiary/aromatic N) is 1. The lowest BCUT2D eigenvalue weighted by atomic mass is 10.0. The van der Waals surface area contributed by atoms with Gasteiger partial charge >= 0.3 is 11.9 Å². The predicted octanol–water partition coefficient (Wildman–Crippen LogP) is 2.53. The molecule has 1 N–H and O–H groups in total. The Kier molecular flexibility index (Phi) is 8.01. The van der Waals surface area contributed by atoms with E-state index in [0.29, 0.717) is 5.75 Å². The summed E-state index contributed by atoms with van der Waals surface area (Å²) < 4.78 is 37.4. The zero-order valence-corrected chi connectivity index (χ0v) is 17.9. The summed E-state index contributed by atoms with van der Waals surface area (Å²) in [7, 11) is -2.71. The molecule has 1 rings (SSSR count). The second-order valence-corrected chi connectivity index (χ2v) is 9.55. The lowest BCUT2D eigenvalue weighted by Crippen LogP contribution is -2.49. The summed E-state index contributed by atoms with van der Waals surface area (Å²) in [4.78, 5) is 23.8. The summed E-state index contributed by atoms with van der Waals surface area (Å²) in [6.45, 7) is 8.02. The molecular weight excluding hydrogens is 386 g/mol. The van der Waals surface area contributed by atoms with Gasteiger partial charge < -0.3 is 14.6 Å². The van der Waals surface area contributed by atoms with Crippen LogP contribution < -0.4 is 4.74 Å². The summed E-state index contributed by atoms with van der Waals surface area (Å²) in [5.74, 6) is -1.92. The first kappa shape index (κ1) is 23.9. The lowest BCUT2D eigenvalue weighted by Gasteiger charge is -2.30. The number of carboxylic acids is 1. The molecule has 9 heteroatoms. The van der Waals surface area contributed by atoms with E-state index in [0.717, 1.165) is 4.31 Å². The first-order valence-corrected chi connectivity index (χ1v) is 10.3. The number of benzene rings is 1. The van der Waals surface area contributed by atoms with Gasteiger partial charge in [0.2, 0.25) is 10.0 Å². The largest absolute Gasteiger partial charge is 0.497 e. The molecule has 1 aromatic carbocycles. The van der Waals surface area contributed by atoms with E-state index in [1.165, 1.54) is 31.4 Å². The third kappa shape index (κ3) is 6.49. The minimum Gasteiger partial charge on any atom is -0.497 e. The van der Waals surface area contributed by atoms with Crippen LogP contribution in [0, 0.1) is 5.92 Å². The third-order valence-electron chi connectivity index (χ3n) is 3.82. The van der Waals surface area contributed by atoms with Crippen LogP contribution in [0.1, 0.15) is 41.0 Å². The Labute approximate surface area is 166 Å². The molecule has 0 aliphatic heterocycles. The van der Waals surface area contributed by atoms with Crippen molar-refractivity contribution in [3.8, 4) is 5.75 Å². The van der Waals surface area contributed by atoms with Gasteiger partial charge in [-0.1, -0.05) is 13.8 Å². The molecule has 0 fully saturated rings. The number of sulfonamides is 1. The van der Waals surface area contributed by atoms with Gasteiger partial charge in [0, 0.05) is 6.54 Å². The molecule has 0 spiro atoms. The highest BCUT2D eigenvalue weighted by atomic mass is 32.2. The van der Waals surface area contributed by atoms with Crippen LogP contribution in [0.5, 0.6) is 5.75 Å². The molecule has 0 aliphatic carbocycles. The number of rotatable bonds is 9. The van der Waals surface area contributed by atoms with Crippen LogP contribution in [-0.2, 0) is 24.3 Å². The number of methoxy groups -OCH3 is 1. The zero-order chi connectivity index (χ0) is 21.7. The van der Waals surface area contributed by atoms with E-state index in [-0.39, 0.29) is 17.9 Å². The van der Waals surface area contributed by atoms with Crippen LogP contribution >= 0.6 is 0 Å². The van der Waals surface area contributed by atoms with Gasteiger partial charge in [-0.2, -0.15) is 4.31 Å². The van der Waals surface area contributed by atoms with E-state index in [9.17, 15) is 23.1 Å². The van der Waals surface area contributed by atoms with Crippen molar-refractivity contribution < 1.29 is 32.6 Å². The predicted molar refractivity (Wildman–Crippen MR) is 104 cm³/mol. The van der Waals surface area contributed by atoms with Gasteiger partial charge in [-0.15, -0.1) is 0 Å². The van der Waals surface area contributed by atoms with Gasteiger partial charge in [-0.05, 0) is 51.0 Å². The summed E-state index contributed by atoms with van der Waals surface area (Å²) in [6.07, 6.45) is -0.261. The molecule has 1 unspecified atom stereocenters. The van der Waals surface area contributed by atoms with E-state index >= 15 is 0 Å². The van der Waals surface area contributed by atoms with Crippen LogP contribution in [0.15, 0.2) is 29.2 Å². The summed E-state index contributed by atoms with van der Waals surface area (Å²) >= 11 is 0. The summed E-state index contributed by atoms with van der Waals surface area (Å²) in [5.41, 5.74) is -0.721. The Morgan fingerprint density at radius 2 is 1.68 bits per heavy atom. The average Bonchev–Trinajstić information content (AvgIpc) is 2.55. The molecule has 0 aromatic heterocycles. The number of hydrogen-bond donors (Lipinski definition) is 1. The second kappa shape index (κ2) is 9.38. The molecule has 1 atom stereocenters. The van der Waals surface area contributed by atoms with Crippen LogP contribution in [0.4, 0.5) is 0 Å². The van der Waals surface area contributed by atoms with E-state index in [1.807, 2.05) is 0 Å². The summed E-state index contributed by atoms with van der Waals surface area (Å²) in [5, 5.41) is 9.62. The number of carboxylic acid groups (broad SMARTS) is 1. The van der Waals surface area contributed by atoms with Crippen molar-refractivity contribution in [2.75, 3.05) is 13.7 Å². The van der Waals surface area contributed by atoms with Crippen LogP contribution in [0.25, 0.3) is 0 Å². The minimum absolute atomic E-state index is 0.0793. The van der Waals surface area contributed by atoms with Crippen LogP contribution in [0.3, 0.4) is 0 Å². The number of ether oxygens (including phenoxy) is 2. The van der Waals surface area contributed by atoms with Crippen molar-refractivity contribution in [2.24, 2.45) is 5.92 Å². The Hall–Kier alpha value is -2.13. The fourth-order valence-corrected chi connectivity index (χ4v) is 4.34. The number of aliphatic carboxylic acids is 1. The quantitative estimate of drug-likeness (QED) is 0.617. The maximum absolute atomic E-state index is 13.1. The van der Waals surface area contributed by atoms with Gasteiger partial charge in [-0.3, -0.25) is 9.59 Å². The van der Waals surface area contributed by atoms with Crippen molar-refractivity contribution in [2.45, 2.75) is 57.6 Å². The number of carbonyl (C=O) groups excluding carboxylic acids is 1. The first-order chi connectivity index (χ1) is 12.8. The Bertz CT molecular complexity index is 779. The van der Waals surface area contributed by atoms with Crippen LogP contribution in [-0.4, -0.2) is 55.1 Å². The van der Waals surface area contributed by atoms with Crippen molar-refractivity contribution in [3.63, 3.8) is 0 Å². The van der Waals surface area contributed by atoms with Crippen molar-refractivity contribution in [1.29, 1.82) is 0 Å².